The number of hydrogen-bond acceptors (Lipinski definition) is 19. The van der Waals surface area contributed by atoms with Gasteiger partial charge in [0, 0.05) is 0 Å². The Labute approximate surface area is 491 Å². The number of ether oxygens (including phenoxy) is 5. The fourth-order valence-electron chi connectivity index (χ4n) is 7.94. The monoisotopic (exact) mass is 1220 g/mol. The summed E-state index contributed by atoms with van der Waals surface area (Å²) in [5.41, 5.74) is 11.0. The molecular weight excluding hydrogens is 1120 g/mol. The number of anilines is 2. The van der Waals surface area contributed by atoms with E-state index >= 15 is 0 Å². The normalized spacial score (nSPS) is 12.9. The smallest absolute Gasteiger partial charge is 0.350 e. The molecule has 470 valence electrons. The number of nitrogens with zero attached hydrogens (tertiary/aromatic N) is 8. The van der Waals surface area contributed by atoms with Crippen LogP contribution in [0.1, 0.15) is 192 Å². The van der Waals surface area contributed by atoms with Crippen LogP contribution in [0.4, 0.5) is 11.6 Å². The summed E-state index contributed by atoms with van der Waals surface area (Å²) < 4.78 is 56.1. The first kappa shape index (κ1) is 75.6. The standard InChI is InChI=1S/C33H60N7O6P.C12H23ClO2.C9H14N5O4P.H3N/c1-8-10-12-14-16-18-20-44-30(41)32(4,5)38-47(43,39-33(6,7)31(42)45-21-19-17-15-13-11-9-2)25-46-26(3)22-40-24-37-27-28(34)35-23-36-29(27)40;1-4-5-6-7-8-9-10-15-11(14)12(2,3)13;1-6(18-5-19(15,16)17)2-14-4-13-7-8(10)11-3-12-9(7)14;/h23-24,26H,8-22,25H2,1-7H3,(H2,34,35,36)(H2,38,39,43);4-10H2,1-3H3;3-4,6H,2,5H2,1H3,(H2,10,11,12)(H2,15,16,17);1H3/t26-;;6-;/m1.1./s1. The van der Waals surface area contributed by atoms with Gasteiger partial charge in [0.1, 0.15) is 52.3 Å². The number of fused-ring (bicyclic) bond motifs is 2. The van der Waals surface area contributed by atoms with Crippen LogP contribution in [-0.4, -0.2) is 127 Å². The van der Waals surface area contributed by atoms with Gasteiger partial charge in [0.2, 0.25) is 7.44 Å². The zero-order valence-corrected chi connectivity index (χ0v) is 53.4. The highest BCUT2D eigenvalue weighted by Crippen LogP contribution is 2.42. The van der Waals surface area contributed by atoms with Crippen LogP contribution in [-0.2, 0) is 60.3 Å². The molecule has 4 rings (SSSR count). The van der Waals surface area contributed by atoms with Crippen LogP contribution in [0.5, 0.6) is 0 Å². The molecule has 82 heavy (non-hydrogen) atoms. The average Bonchev–Trinajstić information content (AvgIpc) is 4.21. The summed E-state index contributed by atoms with van der Waals surface area (Å²) in [5, 5.41) is 5.95. The second-order valence-corrected chi connectivity index (χ2v) is 26.6. The van der Waals surface area contributed by atoms with E-state index in [1.165, 1.54) is 83.2 Å². The molecule has 0 amide bonds. The zero-order chi connectivity index (χ0) is 60.7. The second-order valence-electron chi connectivity index (χ2n) is 21.9. The summed E-state index contributed by atoms with van der Waals surface area (Å²) in [5.74, 6) is -0.833. The first-order valence-electron chi connectivity index (χ1n) is 28.6. The van der Waals surface area contributed by atoms with E-state index in [0.717, 1.165) is 51.4 Å². The lowest BCUT2D eigenvalue weighted by Crippen LogP contribution is -2.54. The van der Waals surface area contributed by atoms with Crippen LogP contribution in [0.2, 0.25) is 0 Å². The maximum Gasteiger partial charge on any atom is 0.350 e. The molecule has 0 unspecified atom stereocenters. The second kappa shape index (κ2) is 38.5. The number of imidazole rings is 2. The van der Waals surface area contributed by atoms with Gasteiger partial charge in [0.25, 0.3) is 0 Å². The van der Waals surface area contributed by atoms with Crippen molar-refractivity contribution in [3.8, 4) is 0 Å². The summed E-state index contributed by atoms with van der Waals surface area (Å²) in [6, 6.07) is 0. The Balaban J connectivity index is 0.000000778. The highest BCUT2D eigenvalue weighted by Gasteiger charge is 2.43. The van der Waals surface area contributed by atoms with Crippen molar-refractivity contribution in [2.75, 3.05) is 44.0 Å². The minimum Gasteiger partial charge on any atom is -0.464 e. The quantitative estimate of drug-likeness (QED) is 0.00720. The van der Waals surface area contributed by atoms with Crippen LogP contribution in [0.15, 0.2) is 25.3 Å². The maximum absolute atomic E-state index is 14.6. The van der Waals surface area contributed by atoms with E-state index in [2.05, 4.69) is 60.8 Å². The van der Waals surface area contributed by atoms with Crippen molar-refractivity contribution in [3.63, 3.8) is 0 Å². The Morgan fingerprint density at radius 2 is 0.890 bits per heavy atom. The van der Waals surface area contributed by atoms with Gasteiger partial charge in [-0.3, -0.25) is 23.5 Å². The summed E-state index contributed by atoms with van der Waals surface area (Å²) >= 11 is 5.79. The minimum atomic E-state index is -4.16. The molecule has 0 spiro atoms. The Hall–Kier alpha value is -4.42. The topological polar surface area (TPSA) is 370 Å². The number of nitrogens with two attached hydrogens (primary N) is 2. The number of aromatic nitrogens is 8. The van der Waals surface area contributed by atoms with Crippen LogP contribution in [0.3, 0.4) is 0 Å². The fourth-order valence-corrected chi connectivity index (χ4v) is 11.1. The SMILES string of the molecule is CCCCCCCCOC(=O)C(C)(C)Cl.CCCCCCCCOC(=O)C(C)(C)NP(=O)(CO[C@H](C)Cn1cnc2c(N)ncnc21)NC(C)(C)C(=O)OCCCCCCCC.C[C@H](Cn1cnc2c(N)ncnc21)OCP(=O)(O)O.N. The van der Waals surface area contributed by atoms with Crippen LogP contribution < -0.4 is 27.8 Å². The Bertz CT molecular complexity index is 2510. The van der Waals surface area contributed by atoms with E-state index in [1.807, 2.05) is 6.92 Å². The van der Waals surface area contributed by atoms with E-state index in [4.69, 9.17) is 56.5 Å². The van der Waals surface area contributed by atoms with Crippen molar-refractivity contribution in [2.45, 2.75) is 233 Å². The van der Waals surface area contributed by atoms with Crippen molar-refractivity contribution in [2.24, 2.45) is 0 Å². The lowest BCUT2D eigenvalue weighted by Gasteiger charge is -2.35. The molecule has 0 aliphatic heterocycles. The van der Waals surface area contributed by atoms with E-state index in [-0.39, 0.29) is 43.3 Å². The zero-order valence-electron chi connectivity index (χ0n) is 50.8. The van der Waals surface area contributed by atoms with E-state index in [9.17, 15) is 23.5 Å². The Kier molecular flexibility index (Phi) is 35.5. The molecule has 0 aromatic carbocycles. The molecule has 4 aromatic heterocycles. The maximum atomic E-state index is 14.6. The molecule has 11 N–H and O–H groups in total. The summed E-state index contributed by atoms with van der Waals surface area (Å²) in [4.78, 5) is 78.6. The predicted molar refractivity (Wildman–Crippen MR) is 322 cm³/mol. The van der Waals surface area contributed by atoms with Gasteiger partial charge >= 0.3 is 25.5 Å². The molecule has 0 radical (unpaired) electrons. The molecule has 4 aromatic rings. The molecule has 25 nitrogen and oxygen atoms in total. The third-order valence-corrected chi connectivity index (χ3v) is 15.4. The van der Waals surface area contributed by atoms with Crippen molar-refractivity contribution < 1.29 is 57.0 Å². The van der Waals surface area contributed by atoms with Crippen molar-refractivity contribution in [1.82, 2.24) is 55.4 Å². The lowest BCUT2D eigenvalue weighted by atomic mass is 10.1. The highest BCUT2D eigenvalue weighted by atomic mass is 35.5. The van der Waals surface area contributed by atoms with E-state index < -0.39 is 61.5 Å². The molecule has 4 heterocycles. The van der Waals surface area contributed by atoms with Gasteiger partial charge in [0.05, 0.1) is 57.8 Å². The average molecular weight is 1220 g/mol. The number of nitrogen functional groups attached to an aromatic ring is 2. The number of alkyl halides is 1. The number of halogens is 1. The largest absolute Gasteiger partial charge is 0.464 e. The van der Waals surface area contributed by atoms with Crippen LogP contribution >= 0.6 is 26.6 Å². The lowest BCUT2D eigenvalue weighted by molar-refractivity contribution is -0.149. The Morgan fingerprint density at radius 1 is 0.561 bits per heavy atom. The number of rotatable bonds is 38. The van der Waals surface area contributed by atoms with Crippen molar-refractivity contribution in [1.29, 1.82) is 0 Å². The van der Waals surface area contributed by atoms with Gasteiger partial charge < -0.3 is 60.2 Å². The third-order valence-electron chi connectivity index (χ3n) is 12.5. The first-order chi connectivity index (χ1) is 38.1. The van der Waals surface area contributed by atoms with Gasteiger partial charge in [-0.15, -0.1) is 11.6 Å². The number of unbranched alkanes of at least 4 members (excludes halogenated alkanes) is 15. The van der Waals surface area contributed by atoms with E-state index in [1.54, 1.807) is 63.9 Å². The van der Waals surface area contributed by atoms with Crippen molar-refractivity contribution >= 4 is 78.5 Å². The van der Waals surface area contributed by atoms with Gasteiger partial charge in [-0.05, 0) is 74.7 Å². The van der Waals surface area contributed by atoms with Crippen LogP contribution in [0, 0.1) is 0 Å². The van der Waals surface area contributed by atoms with Crippen LogP contribution in [0.25, 0.3) is 22.3 Å². The summed E-state index contributed by atoms with van der Waals surface area (Å²) in [7, 11) is -7.94. The number of esters is 3. The molecule has 0 aliphatic carbocycles. The minimum absolute atomic E-state index is 0. The number of nitrogens with one attached hydrogen (secondary N) is 2. The first-order valence-corrected chi connectivity index (χ1v) is 32.6. The molecular formula is C54H100ClN13O12P2. The molecule has 0 bridgehead atoms. The molecule has 0 fully saturated rings. The number of carbonyl (C=O) groups excluding carboxylic acids is 3. The van der Waals surface area contributed by atoms with Crippen molar-refractivity contribution in [3.05, 3.63) is 25.3 Å². The highest BCUT2D eigenvalue weighted by molar-refractivity contribution is 7.59. The molecule has 0 saturated carbocycles. The van der Waals surface area contributed by atoms with Gasteiger partial charge in [-0.1, -0.05) is 117 Å². The summed E-state index contributed by atoms with van der Waals surface area (Å²) in [6.45, 7) is 21.6. The molecule has 0 aliphatic rings. The molecule has 28 heteroatoms. The fraction of sp³-hybridized carbons (Fsp3) is 0.759. The summed E-state index contributed by atoms with van der Waals surface area (Å²) in [6.07, 6.45) is 23.9. The van der Waals surface area contributed by atoms with Gasteiger partial charge in [-0.25, -0.2) is 40.1 Å². The van der Waals surface area contributed by atoms with Gasteiger partial charge in [-0.2, -0.15) is 0 Å². The molecule has 0 saturated heterocycles. The van der Waals surface area contributed by atoms with E-state index in [0.29, 0.717) is 42.0 Å². The number of hydrogen-bond donors (Lipinski definition) is 7. The van der Waals surface area contributed by atoms with Gasteiger partial charge in [0.15, 0.2) is 22.9 Å². The molecule has 2 atom stereocenters. The predicted octanol–water partition coefficient (Wildman–Crippen LogP) is 10.5. The third kappa shape index (κ3) is 29.9. The Morgan fingerprint density at radius 3 is 1.23 bits per heavy atom. The number of carbonyl (C=O) groups is 3.